The lowest BCUT2D eigenvalue weighted by atomic mass is 9.90. The number of pyridine rings is 2. The monoisotopic (exact) mass is 466 g/mol. The Bertz CT molecular complexity index is 1160. The van der Waals surface area contributed by atoms with E-state index < -0.39 is 5.60 Å². The van der Waals surface area contributed by atoms with Crippen molar-refractivity contribution in [1.29, 1.82) is 0 Å². The fourth-order valence-corrected chi connectivity index (χ4v) is 4.32. The summed E-state index contributed by atoms with van der Waals surface area (Å²) in [5.74, 6) is 1.19. The Morgan fingerprint density at radius 1 is 1.24 bits per heavy atom. The molecule has 3 fully saturated rings. The van der Waals surface area contributed by atoms with E-state index in [-0.39, 0.29) is 30.1 Å². The summed E-state index contributed by atoms with van der Waals surface area (Å²) >= 11 is 0. The largest absolute Gasteiger partial charge is 0.491 e. The summed E-state index contributed by atoms with van der Waals surface area (Å²) in [7, 11) is 3.08. The Morgan fingerprint density at radius 2 is 2.03 bits per heavy atom. The van der Waals surface area contributed by atoms with Crippen LogP contribution in [0.1, 0.15) is 29.6 Å². The van der Waals surface area contributed by atoms with Crippen molar-refractivity contribution in [2.24, 2.45) is 5.92 Å². The molecule has 11 heteroatoms. The van der Waals surface area contributed by atoms with E-state index >= 15 is 0 Å². The first-order chi connectivity index (χ1) is 16.4. The quantitative estimate of drug-likeness (QED) is 0.555. The van der Waals surface area contributed by atoms with Crippen molar-refractivity contribution in [2.75, 3.05) is 49.4 Å². The molecule has 2 aromatic heterocycles. The standard InChI is InChI=1S/C23H26N6O5/c1-24-22(32)15-9-26-18(28-21(31)13-3-4-13)7-17(15)27-16-5-6-25-20(19(16)33-2)29-11-23(12-29)8-14(30)10-34-23/h5-7,9,13H,3-4,8,10-12H2,1-2H3,(H,24,32)(H2,25,26,27,28,31). The van der Waals surface area contributed by atoms with Gasteiger partial charge in [-0.2, -0.15) is 0 Å². The van der Waals surface area contributed by atoms with E-state index in [9.17, 15) is 14.4 Å². The van der Waals surface area contributed by atoms with E-state index in [1.165, 1.54) is 13.2 Å². The van der Waals surface area contributed by atoms with Crippen LogP contribution >= 0.6 is 0 Å². The molecule has 0 radical (unpaired) electrons. The molecule has 3 N–H and O–H groups in total. The third-order valence-electron chi connectivity index (χ3n) is 6.25. The molecule has 5 rings (SSSR count). The molecule has 2 saturated heterocycles. The SMILES string of the molecule is CNC(=O)c1cnc(NC(=O)C2CC2)cc1Nc1ccnc(N2CC3(CC(=O)CO3)C2)c1OC. The lowest BCUT2D eigenvalue weighted by Gasteiger charge is -2.47. The fourth-order valence-electron chi connectivity index (χ4n) is 4.32. The minimum atomic E-state index is -0.445. The van der Waals surface area contributed by atoms with E-state index in [0.717, 1.165) is 12.8 Å². The number of rotatable bonds is 7. The molecular formula is C23H26N6O5. The average Bonchev–Trinajstić information content (AvgIpc) is 3.59. The molecule has 0 atom stereocenters. The molecule has 11 nitrogen and oxygen atoms in total. The van der Waals surface area contributed by atoms with Crippen molar-refractivity contribution in [3.05, 3.63) is 30.1 Å². The molecular weight excluding hydrogens is 440 g/mol. The zero-order valence-electron chi connectivity index (χ0n) is 19.0. The Balaban J connectivity index is 1.41. The minimum absolute atomic E-state index is 0.0265. The summed E-state index contributed by atoms with van der Waals surface area (Å²) in [4.78, 5) is 47.0. The van der Waals surface area contributed by atoms with Gasteiger partial charge in [0.1, 0.15) is 18.0 Å². The van der Waals surface area contributed by atoms with Gasteiger partial charge in [0.05, 0.1) is 37.1 Å². The van der Waals surface area contributed by atoms with Crippen molar-refractivity contribution in [1.82, 2.24) is 15.3 Å². The first-order valence-corrected chi connectivity index (χ1v) is 11.1. The highest BCUT2D eigenvalue weighted by atomic mass is 16.5. The van der Waals surface area contributed by atoms with Crippen molar-refractivity contribution in [2.45, 2.75) is 24.9 Å². The Morgan fingerprint density at radius 3 is 2.68 bits per heavy atom. The number of anilines is 4. The summed E-state index contributed by atoms with van der Waals surface area (Å²) < 4.78 is 11.4. The molecule has 2 aliphatic heterocycles. The van der Waals surface area contributed by atoms with Crippen LogP contribution in [-0.4, -0.2) is 67.0 Å². The van der Waals surface area contributed by atoms with Gasteiger partial charge in [0.2, 0.25) is 5.91 Å². The second-order valence-corrected chi connectivity index (χ2v) is 8.84. The number of ether oxygens (including phenoxy) is 2. The fraction of sp³-hybridized carbons (Fsp3) is 0.435. The lowest BCUT2D eigenvalue weighted by Crippen LogP contribution is -2.62. The van der Waals surface area contributed by atoms with Crippen LogP contribution in [0.4, 0.5) is 23.0 Å². The van der Waals surface area contributed by atoms with Crippen molar-refractivity contribution >= 4 is 40.6 Å². The van der Waals surface area contributed by atoms with Crippen LogP contribution in [0.5, 0.6) is 5.75 Å². The molecule has 2 aromatic rings. The van der Waals surface area contributed by atoms with Crippen LogP contribution in [-0.2, 0) is 14.3 Å². The van der Waals surface area contributed by atoms with Gasteiger partial charge in [-0.15, -0.1) is 0 Å². The minimum Gasteiger partial charge on any atom is -0.491 e. The van der Waals surface area contributed by atoms with Crippen LogP contribution in [0.25, 0.3) is 0 Å². The maximum atomic E-state index is 12.5. The summed E-state index contributed by atoms with van der Waals surface area (Å²) in [6, 6.07) is 3.37. The normalized spacial score (nSPS) is 18.4. The highest BCUT2D eigenvalue weighted by Gasteiger charge is 2.50. The van der Waals surface area contributed by atoms with Gasteiger partial charge in [-0.25, -0.2) is 9.97 Å². The summed E-state index contributed by atoms with van der Waals surface area (Å²) in [5, 5.41) is 8.66. The predicted molar refractivity (Wildman–Crippen MR) is 124 cm³/mol. The van der Waals surface area contributed by atoms with Gasteiger partial charge in [0.15, 0.2) is 17.4 Å². The van der Waals surface area contributed by atoms with E-state index in [0.29, 0.717) is 53.8 Å². The highest BCUT2D eigenvalue weighted by molar-refractivity contribution is 6.01. The van der Waals surface area contributed by atoms with E-state index in [1.807, 2.05) is 4.90 Å². The zero-order chi connectivity index (χ0) is 23.9. The second-order valence-electron chi connectivity index (χ2n) is 8.84. The van der Waals surface area contributed by atoms with Crippen LogP contribution < -0.4 is 25.6 Å². The summed E-state index contributed by atoms with van der Waals surface area (Å²) in [5.41, 5.74) is 0.917. The van der Waals surface area contributed by atoms with Gasteiger partial charge < -0.3 is 30.3 Å². The van der Waals surface area contributed by atoms with Crippen molar-refractivity contribution < 1.29 is 23.9 Å². The highest BCUT2D eigenvalue weighted by Crippen LogP contribution is 2.42. The molecule has 4 heterocycles. The van der Waals surface area contributed by atoms with E-state index in [2.05, 4.69) is 25.9 Å². The molecule has 178 valence electrons. The number of hydrogen-bond acceptors (Lipinski definition) is 9. The number of methoxy groups -OCH3 is 1. The molecule has 1 spiro atoms. The van der Waals surface area contributed by atoms with Gasteiger partial charge >= 0.3 is 0 Å². The predicted octanol–water partition coefficient (Wildman–Crippen LogP) is 1.49. The number of nitrogens with zero attached hydrogens (tertiary/aromatic N) is 3. The van der Waals surface area contributed by atoms with Gasteiger partial charge in [0.25, 0.3) is 5.91 Å². The number of aromatic nitrogens is 2. The molecule has 0 aromatic carbocycles. The smallest absolute Gasteiger partial charge is 0.254 e. The topological polar surface area (TPSA) is 135 Å². The molecule has 1 aliphatic carbocycles. The molecule has 0 bridgehead atoms. The van der Waals surface area contributed by atoms with Crippen molar-refractivity contribution in [3.63, 3.8) is 0 Å². The van der Waals surface area contributed by atoms with Gasteiger partial charge in [-0.3, -0.25) is 14.4 Å². The maximum absolute atomic E-state index is 12.5. The Kier molecular flexibility index (Phi) is 5.56. The maximum Gasteiger partial charge on any atom is 0.254 e. The van der Waals surface area contributed by atoms with Gasteiger partial charge in [-0.1, -0.05) is 0 Å². The van der Waals surface area contributed by atoms with Crippen LogP contribution in [0.3, 0.4) is 0 Å². The second kappa shape index (κ2) is 8.56. The van der Waals surface area contributed by atoms with Gasteiger partial charge in [-0.05, 0) is 18.9 Å². The van der Waals surface area contributed by atoms with Crippen LogP contribution in [0, 0.1) is 5.92 Å². The number of carbonyl (C=O) groups is 3. The molecule has 34 heavy (non-hydrogen) atoms. The summed E-state index contributed by atoms with van der Waals surface area (Å²) in [6.07, 6.45) is 5.22. The number of amides is 2. The molecule has 2 amide bonds. The Hall–Kier alpha value is -3.73. The third-order valence-corrected chi connectivity index (χ3v) is 6.25. The number of ketones is 1. The summed E-state index contributed by atoms with van der Waals surface area (Å²) in [6.45, 7) is 1.24. The van der Waals surface area contributed by atoms with E-state index in [4.69, 9.17) is 9.47 Å². The first-order valence-electron chi connectivity index (χ1n) is 11.1. The lowest BCUT2D eigenvalue weighted by molar-refractivity contribution is -0.118. The zero-order valence-corrected chi connectivity index (χ0v) is 19.0. The average molecular weight is 466 g/mol. The number of nitrogens with one attached hydrogen (secondary N) is 3. The molecule has 3 aliphatic rings. The van der Waals surface area contributed by atoms with Crippen molar-refractivity contribution in [3.8, 4) is 5.75 Å². The molecule has 1 saturated carbocycles. The van der Waals surface area contributed by atoms with Crippen LogP contribution in [0.15, 0.2) is 24.5 Å². The Labute approximate surface area is 196 Å². The molecule has 0 unspecified atom stereocenters. The number of carbonyl (C=O) groups excluding carboxylic acids is 3. The first kappa shape index (κ1) is 22.1. The third kappa shape index (κ3) is 4.14. The van der Waals surface area contributed by atoms with E-state index in [1.54, 1.807) is 25.4 Å². The van der Waals surface area contributed by atoms with Crippen LogP contribution in [0.2, 0.25) is 0 Å². The number of hydrogen-bond donors (Lipinski definition) is 3. The van der Waals surface area contributed by atoms with Gasteiger partial charge in [0, 0.05) is 37.8 Å². The number of Topliss-reactive ketones (excluding diaryl/α,β-unsaturated/α-hetero) is 1.